The van der Waals surface area contributed by atoms with E-state index in [9.17, 15) is 4.79 Å². The largest absolute Gasteiger partial charge is 0.399 e. The van der Waals surface area contributed by atoms with Gasteiger partial charge in [0.25, 0.3) is 0 Å². The highest BCUT2D eigenvalue weighted by Crippen LogP contribution is 2.29. The molecule has 0 spiro atoms. The summed E-state index contributed by atoms with van der Waals surface area (Å²) in [4.78, 5) is 16.7. The van der Waals surface area contributed by atoms with Crippen molar-refractivity contribution in [1.29, 1.82) is 0 Å². The van der Waals surface area contributed by atoms with Gasteiger partial charge in [-0.15, -0.1) is 0 Å². The summed E-state index contributed by atoms with van der Waals surface area (Å²) in [6.07, 6.45) is 0.292. The van der Waals surface area contributed by atoms with Gasteiger partial charge in [0.2, 0.25) is 0 Å². The summed E-state index contributed by atoms with van der Waals surface area (Å²) in [5.74, 6) is 0.0455. The summed E-state index contributed by atoms with van der Waals surface area (Å²) in [7, 11) is 0. The van der Waals surface area contributed by atoms with Gasteiger partial charge in [0, 0.05) is 16.9 Å². The van der Waals surface area contributed by atoms with Crippen molar-refractivity contribution in [3.8, 4) is 0 Å². The normalized spacial score (nSPS) is 13.9. The zero-order valence-corrected chi connectivity index (χ0v) is 10.3. The second-order valence-corrected chi connectivity index (χ2v) is 4.56. The Labute approximate surface area is 110 Å². The topological polar surface area (TPSA) is 81.5 Å². The molecule has 0 saturated carbocycles. The van der Waals surface area contributed by atoms with E-state index in [1.807, 2.05) is 12.1 Å². The third-order valence-corrected chi connectivity index (χ3v) is 3.15. The average molecular weight is 251 g/mol. The Morgan fingerprint density at radius 3 is 2.37 bits per heavy atom. The average Bonchev–Trinajstić information content (AvgIpc) is 2.40. The number of nitrogens with two attached hydrogens (primary N) is 2. The summed E-state index contributed by atoms with van der Waals surface area (Å²) < 4.78 is 0. The molecule has 1 aliphatic heterocycles. The van der Waals surface area contributed by atoms with Crippen LogP contribution in [-0.4, -0.2) is 11.5 Å². The number of anilines is 2. The molecule has 2 aromatic carbocycles. The summed E-state index contributed by atoms with van der Waals surface area (Å²) in [5, 5.41) is 0. The zero-order chi connectivity index (χ0) is 13.4. The van der Waals surface area contributed by atoms with Gasteiger partial charge in [0.15, 0.2) is 5.78 Å². The van der Waals surface area contributed by atoms with Crippen molar-refractivity contribution in [3.05, 3.63) is 53.6 Å². The number of benzene rings is 2. The number of hydrogen-bond donors (Lipinski definition) is 2. The number of nitrogen functional groups attached to an aromatic ring is 2. The lowest BCUT2D eigenvalue weighted by Gasteiger charge is -2.15. The molecule has 0 radical (unpaired) electrons. The number of aliphatic imine (C=N–C) groups is 1. The number of carbonyl (C=O) groups is 1. The molecule has 0 fully saturated rings. The predicted molar refractivity (Wildman–Crippen MR) is 76.9 cm³/mol. The first kappa shape index (κ1) is 11.5. The first-order chi connectivity index (χ1) is 9.13. The lowest BCUT2D eigenvalue weighted by atomic mass is 9.96. The number of Topliss-reactive ketones (excluding diaryl/α,β-unsaturated/α-hetero) is 1. The number of fused-ring (bicyclic) bond motifs is 1. The van der Waals surface area contributed by atoms with Crippen LogP contribution in [0.5, 0.6) is 0 Å². The maximum Gasteiger partial charge on any atom is 0.171 e. The third-order valence-electron chi connectivity index (χ3n) is 3.15. The van der Waals surface area contributed by atoms with Crippen LogP contribution in [0.15, 0.2) is 47.5 Å². The number of nitrogens with zero attached hydrogens (tertiary/aromatic N) is 1. The van der Waals surface area contributed by atoms with Crippen LogP contribution in [-0.2, 0) is 0 Å². The van der Waals surface area contributed by atoms with Crippen LogP contribution in [0.2, 0.25) is 0 Å². The summed E-state index contributed by atoms with van der Waals surface area (Å²) in [5.41, 5.74) is 15.6. The van der Waals surface area contributed by atoms with Crippen molar-refractivity contribution in [2.75, 3.05) is 11.5 Å². The van der Waals surface area contributed by atoms with Crippen molar-refractivity contribution in [3.63, 3.8) is 0 Å². The monoisotopic (exact) mass is 251 g/mol. The third kappa shape index (κ3) is 2.08. The Morgan fingerprint density at radius 2 is 1.63 bits per heavy atom. The van der Waals surface area contributed by atoms with E-state index in [0.29, 0.717) is 29.0 Å². The lowest BCUT2D eigenvalue weighted by molar-refractivity contribution is 0.1000. The highest BCUT2D eigenvalue weighted by Gasteiger charge is 2.20. The van der Waals surface area contributed by atoms with Crippen LogP contribution >= 0.6 is 0 Å². The van der Waals surface area contributed by atoms with Crippen molar-refractivity contribution >= 4 is 28.6 Å². The van der Waals surface area contributed by atoms with E-state index in [1.54, 1.807) is 30.3 Å². The molecule has 0 amide bonds. The minimum absolute atomic E-state index is 0.0455. The van der Waals surface area contributed by atoms with Crippen LogP contribution in [0.25, 0.3) is 0 Å². The molecule has 0 aliphatic carbocycles. The molecule has 4 N–H and O–H groups in total. The van der Waals surface area contributed by atoms with Gasteiger partial charge in [0.05, 0.1) is 17.8 Å². The fourth-order valence-corrected chi connectivity index (χ4v) is 2.15. The van der Waals surface area contributed by atoms with Crippen molar-refractivity contribution in [2.24, 2.45) is 4.99 Å². The number of carbonyl (C=O) groups excluding carboxylic acids is 1. The molecule has 1 heterocycles. The van der Waals surface area contributed by atoms with Crippen LogP contribution in [0.3, 0.4) is 0 Å². The maximum atomic E-state index is 12.1. The summed E-state index contributed by atoms with van der Waals surface area (Å²) >= 11 is 0. The Kier molecular flexibility index (Phi) is 2.56. The van der Waals surface area contributed by atoms with Gasteiger partial charge in [-0.1, -0.05) is 12.1 Å². The van der Waals surface area contributed by atoms with Crippen LogP contribution in [0.1, 0.15) is 22.3 Å². The Morgan fingerprint density at radius 1 is 0.947 bits per heavy atom. The molecule has 0 unspecified atom stereocenters. The molecule has 1 aliphatic rings. The first-order valence-electron chi connectivity index (χ1n) is 6.00. The SMILES string of the molecule is Nc1ccc(C2=Nc3ccc(N)cc3C(=O)C2)cc1. The Balaban J connectivity index is 2.08. The van der Waals surface area contributed by atoms with E-state index in [-0.39, 0.29) is 5.78 Å². The Hall–Kier alpha value is -2.62. The molecular formula is C15H13N3O. The fraction of sp³-hybridized carbons (Fsp3) is 0.0667. The zero-order valence-electron chi connectivity index (χ0n) is 10.3. The van der Waals surface area contributed by atoms with Crippen LogP contribution < -0.4 is 11.5 Å². The number of rotatable bonds is 1. The molecule has 0 atom stereocenters. The second kappa shape index (κ2) is 4.24. The van der Waals surface area contributed by atoms with E-state index < -0.39 is 0 Å². The Bertz CT molecular complexity index is 687. The van der Waals surface area contributed by atoms with Crippen molar-refractivity contribution in [1.82, 2.24) is 0 Å². The molecule has 0 saturated heterocycles. The van der Waals surface area contributed by atoms with E-state index in [1.165, 1.54) is 0 Å². The summed E-state index contributed by atoms with van der Waals surface area (Å²) in [6.45, 7) is 0. The van der Waals surface area contributed by atoms with E-state index in [0.717, 1.165) is 11.3 Å². The molecule has 0 aromatic heterocycles. The maximum absolute atomic E-state index is 12.1. The predicted octanol–water partition coefficient (Wildman–Crippen LogP) is 2.56. The van der Waals surface area contributed by atoms with Gasteiger partial charge < -0.3 is 11.5 Å². The van der Waals surface area contributed by atoms with Gasteiger partial charge in [-0.25, -0.2) is 0 Å². The van der Waals surface area contributed by atoms with E-state index in [2.05, 4.69) is 4.99 Å². The summed E-state index contributed by atoms with van der Waals surface area (Å²) in [6, 6.07) is 12.6. The van der Waals surface area contributed by atoms with E-state index >= 15 is 0 Å². The van der Waals surface area contributed by atoms with Gasteiger partial charge >= 0.3 is 0 Å². The standard InChI is InChI=1S/C15H13N3O/c16-10-3-1-9(2-4-10)14-8-15(19)12-7-11(17)5-6-13(12)18-14/h1-7H,8,16-17H2. The van der Waals surface area contributed by atoms with Crippen LogP contribution in [0.4, 0.5) is 17.1 Å². The molecule has 19 heavy (non-hydrogen) atoms. The van der Waals surface area contributed by atoms with Gasteiger partial charge in [-0.05, 0) is 35.9 Å². The molecular weight excluding hydrogens is 238 g/mol. The van der Waals surface area contributed by atoms with Crippen molar-refractivity contribution in [2.45, 2.75) is 6.42 Å². The van der Waals surface area contributed by atoms with Gasteiger partial charge in [-0.3, -0.25) is 9.79 Å². The van der Waals surface area contributed by atoms with E-state index in [4.69, 9.17) is 11.5 Å². The second-order valence-electron chi connectivity index (χ2n) is 4.56. The van der Waals surface area contributed by atoms with Crippen molar-refractivity contribution < 1.29 is 4.79 Å². The molecule has 2 aromatic rings. The number of ketones is 1. The van der Waals surface area contributed by atoms with Gasteiger partial charge in [-0.2, -0.15) is 0 Å². The number of hydrogen-bond acceptors (Lipinski definition) is 4. The van der Waals surface area contributed by atoms with Gasteiger partial charge in [0.1, 0.15) is 0 Å². The first-order valence-corrected chi connectivity index (χ1v) is 6.00. The molecule has 4 heteroatoms. The smallest absolute Gasteiger partial charge is 0.171 e. The molecule has 0 bridgehead atoms. The fourth-order valence-electron chi connectivity index (χ4n) is 2.15. The minimum atomic E-state index is 0.0455. The quantitative estimate of drug-likeness (QED) is 0.764. The minimum Gasteiger partial charge on any atom is -0.399 e. The highest BCUT2D eigenvalue weighted by molar-refractivity contribution is 6.21. The van der Waals surface area contributed by atoms with Crippen LogP contribution in [0, 0.1) is 0 Å². The lowest BCUT2D eigenvalue weighted by Crippen LogP contribution is -2.14. The molecule has 3 rings (SSSR count). The molecule has 94 valence electrons. The molecule has 4 nitrogen and oxygen atoms in total. The highest BCUT2D eigenvalue weighted by atomic mass is 16.1.